The van der Waals surface area contributed by atoms with Crippen LogP contribution in [0.5, 0.6) is 0 Å². The average molecular weight is 265 g/mol. The Morgan fingerprint density at radius 1 is 1.32 bits per heavy atom. The van der Waals surface area contributed by atoms with Crippen molar-refractivity contribution in [3.05, 3.63) is 35.9 Å². The highest BCUT2D eigenvalue weighted by atomic mass is 16.4. The Bertz CT molecular complexity index is 376. The monoisotopic (exact) mass is 265 g/mol. The van der Waals surface area contributed by atoms with E-state index in [1.807, 2.05) is 37.3 Å². The molecule has 0 aromatic heterocycles. The van der Waals surface area contributed by atoms with Gasteiger partial charge < -0.3 is 10.2 Å². The average Bonchev–Trinajstić information content (AvgIpc) is 2.43. The number of carbonyl (C=O) groups is 1. The molecule has 0 radical (unpaired) electrons. The molecular formula is C15H23NO3. The topological polar surface area (TPSA) is 60.8 Å². The number of nitrogens with zero attached hydrogens (tertiary/aromatic N) is 1. The molecule has 4 nitrogen and oxygen atoms in total. The number of carboxylic acids is 1. The van der Waals surface area contributed by atoms with Crippen LogP contribution in [-0.2, 0) is 4.79 Å². The van der Waals surface area contributed by atoms with E-state index in [1.54, 1.807) is 0 Å². The predicted molar refractivity (Wildman–Crippen MR) is 75.0 cm³/mol. The minimum Gasteiger partial charge on any atom is -0.481 e. The maximum Gasteiger partial charge on any atom is 0.304 e. The molecule has 19 heavy (non-hydrogen) atoms. The Balaban J connectivity index is 2.85. The van der Waals surface area contributed by atoms with E-state index in [0.29, 0.717) is 6.54 Å². The minimum atomic E-state index is -0.807. The van der Waals surface area contributed by atoms with Crippen LogP contribution in [-0.4, -0.2) is 40.3 Å². The van der Waals surface area contributed by atoms with Crippen LogP contribution in [0, 0.1) is 0 Å². The lowest BCUT2D eigenvalue weighted by atomic mass is 10.0. The largest absolute Gasteiger partial charge is 0.481 e. The third kappa shape index (κ3) is 4.65. The molecule has 0 aliphatic carbocycles. The van der Waals surface area contributed by atoms with Crippen LogP contribution in [0.1, 0.15) is 38.3 Å². The fraction of sp³-hybridized carbons (Fsp3) is 0.533. The highest BCUT2D eigenvalue weighted by molar-refractivity contribution is 5.66. The quantitative estimate of drug-likeness (QED) is 0.757. The maximum absolute atomic E-state index is 10.8. The summed E-state index contributed by atoms with van der Waals surface area (Å²) in [7, 11) is 0. The Morgan fingerprint density at radius 2 is 1.95 bits per heavy atom. The van der Waals surface area contributed by atoms with Crippen molar-refractivity contribution in [1.29, 1.82) is 0 Å². The van der Waals surface area contributed by atoms with Gasteiger partial charge in [-0.15, -0.1) is 0 Å². The fourth-order valence-electron chi connectivity index (χ4n) is 2.31. The maximum atomic E-state index is 10.8. The van der Waals surface area contributed by atoms with Crippen LogP contribution in [0.4, 0.5) is 0 Å². The molecule has 0 fully saturated rings. The van der Waals surface area contributed by atoms with Crippen molar-refractivity contribution in [2.24, 2.45) is 0 Å². The molecule has 0 amide bonds. The van der Waals surface area contributed by atoms with Gasteiger partial charge >= 0.3 is 5.97 Å². The van der Waals surface area contributed by atoms with Gasteiger partial charge in [-0.2, -0.15) is 0 Å². The summed E-state index contributed by atoms with van der Waals surface area (Å²) in [6, 6.07) is 10.1. The van der Waals surface area contributed by atoms with Gasteiger partial charge in [0.15, 0.2) is 0 Å². The van der Waals surface area contributed by atoms with Crippen molar-refractivity contribution >= 4 is 5.97 Å². The first-order chi connectivity index (χ1) is 9.10. The van der Waals surface area contributed by atoms with Gasteiger partial charge in [0, 0.05) is 18.6 Å². The molecule has 0 heterocycles. The van der Waals surface area contributed by atoms with E-state index < -0.39 is 5.97 Å². The summed E-state index contributed by atoms with van der Waals surface area (Å²) in [5.41, 5.74) is 1.14. The van der Waals surface area contributed by atoms with Gasteiger partial charge in [0.1, 0.15) is 0 Å². The molecule has 0 aliphatic rings. The van der Waals surface area contributed by atoms with Crippen LogP contribution in [0.25, 0.3) is 0 Å². The first kappa shape index (κ1) is 15.7. The standard InChI is InChI=1S/C15H23NO3/c1-3-14(11-17)16(10-9-15(18)19)12(2)13-7-5-4-6-8-13/h4-8,12,14,17H,3,9-11H2,1-2H3,(H,18,19). The van der Waals surface area contributed by atoms with E-state index >= 15 is 0 Å². The Morgan fingerprint density at radius 3 is 2.42 bits per heavy atom. The molecule has 106 valence electrons. The molecule has 0 bridgehead atoms. The van der Waals surface area contributed by atoms with Crippen LogP contribution < -0.4 is 0 Å². The smallest absolute Gasteiger partial charge is 0.304 e. The van der Waals surface area contributed by atoms with Gasteiger partial charge in [-0.25, -0.2) is 0 Å². The van der Waals surface area contributed by atoms with Gasteiger partial charge in [-0.3, -0.25) is 9.69 Å². The van der Waals surface area contributed by atoms with Gasteiger partial charge in [-0.05, 0) is 18.9 Å². The SMILES string of the molecule is CCC(CO)N(CCC(=O)O)C(C)c1ccccc1. The normalized spacial score (nSPS) is 14.3. The lowest BCUT2D eigenvalue weighted by Gasteiger charge is -2.35. The Labute approximate surface area is 114 Å². The summed E-state index contributed by atoms with van der Waals surface area (Å²) in [5, 5.41) is 18.3. The second-order valence-corrected chi connectivity index (χ2v) is 4.71. The highest BCUT2D eigenvalue weighted by Crippen LogP contribution is 2.23. The van der Waals surface area contributed by atoms with Crippen LogP contribution in [0.3, 0.4) is 0 Å². The van der Waals surface area contributed by atoms with Gasteiger partial charge in [0.05, 0.1) is 13.0 Å². The summed E-state index contributed by atoms with van der Waals surface area (Å²) in [6.07, 6.45) is 0.890. The number of aliphatic carboxylic acids is 1. The van der Waals surface area contributed by atoms with Gasteiger partial charge in [-0.1, -0.05) is 37.3 Å². The number of aliphatic hydroxyl groups is 1. The molecule has 4 heteroatoms. The van der Waals surface area contributed by atoms with Crippen molar-refractivity contribution in [2.75, 3.05) is 13.2 Å². The molecule has 2 N–H and O–H groups in total. The van der Waals surface area contributed by atoms with Gasteiger partial charge in [0.2, 0.25) is 0 Å². The lowest BCUT2D eigenvalue weighted by molar-refractivity contribution is -0.137. The summed E-state index contributed by atoms with van der Waals surface area (Å²) in [4.78, 5) is 12.8. The number of rotatable bonds is 8. The number of hydrogen-bond acceptors (Lipinski definition) is 3. The second kappa shape index (κ2) is 7.92. The summed E-state index contributed by atoms with van der Waals surface area (Å²) in [6.45, 7) is 4.56. The number of benzene rings is 1. The molecule has 0 saturated heterocycles. The molecule has 0 aliphatic heterocycles. The summed E-state index contributed by atoms with van der Waals surface area (Å²) >= 11 is 0. The number of carboxylic acid groups (broad SMARTS) is 1. The molecule has 1 aromatic rings. The molecule has 2 atom stereocenters. The van der Waals surface area contributed by atoms with Crippen LogP contribution in [0.15, 0.2) is 30.3 Å². The van der Waals surface area contributed by atoms with E-state index in [9.17, 15) is 9.90 Å². The molecular weight excluding hydrogens is 242 g/mol. The Kier molecular flexibility index (Phi) is 6.53. The zero-order valence-corrected chi connectivity index (χ0v) is 11.6. The van der Waals surface area contributed by atoms with Crippen molar-refractivity contribution in [3.63, 3.8) is 0 Å². The third-order valence-corrected chi connectivity index (χ3v) is 3.51. The molecule has 2 unspecified atom stereocenters. The van der Waals surface area contributed by atoms with E-state index in [2.05, 4.69) is 11.8 Å². The zero-order valence-electron chi connectivity index (χ0n) is 11.6. The lowest BCUT2D eigenvalue weighted by Crippen LogP contribution is -2.40. The van der Waals surface area contributed by atoms with Crippen LogP contribution >= 0.6 is 0 Å². The summed E-state index contributed by atoms with van der Waals surface area (Å²) < 4.78 is 0. The first-order valence-electron chi connectivity index (χ1n) is 6.73. The van der Waals surface area contributed by atoms with Crippen molar-refractivity contribution < 1.29 is 15.0 Å². The fourth-order valence-corrected chi connectivity index (χ4v) is 2.31. The predicted octanol–water partition coefficient (Wildman–Crippen LogP) is 2.30. The molecule has 1 aromatic carbocycles. The summed E-state index contributed by atoms with van der Waals surface area (Å²) in [5.74, 6) is -0.807. The van der Waals surface area contributed by atoms with Crippen molar-refractivity contribution in [2.45, 2.75) is 38.8 Å². The number of hydrogen-bond donors (Lipinski definition) is 2. The van der Waals surface area contributed by atoms with Gasteiger partial charge in [0.25, 0.3) is 0 Å². The second-order valence-electron chi connectivity index (χ2n) is 4.71. The van der Waals surface area contributed by atoms with Crippen LogP contribution in [0.2, 0.25) is 0 Å². The third-order valence-electron chi connectivity index (χ3n) is 3.51. The van der Waals surface area contributed by atoms with E-state index in [-0.39, 0.29) is 25.1 Å². The first-order valence-corrected chi connectivity index (χ1v) is 6.73. The highest BCUT2D eigenvalue weighted by Gasteiger charge is 2.23. The van der Waals surface area contributed by atoms with Crippen molar-refractivity contribution in [3.8, 4) is 0 Å². The van der Waals surface area contributed by atoms with E-state index in [0.717, 1.165) is 12.0 Å². The molecule has 0 spiro atoms. The van der Waals surface area contributed by atoms with E-state index in [4.69, 9.17) is 5.11 Å². The van der Waals surface area contributed by atoms with Crippen molar-refractivity contribution in [1.82, 2.24) is 4.90 Å². The zero-order chi connectivity index (χ0) is 14.3. The number of aliphatic hydroxyl groups excluding tert-OH is 1. The Hall–Kier alpha value is -1.39. The molecule has 0 saturated carbocycles. The molecule has 1 rings (SSSR count). The minimum absolute atomic E-state index is 0.00504. The van der Waals surface area contributed by atoms with E-state index in [1.165, 1.54) is 0 Å².